The van der Waals surface area contributed by atoms with E-state index in [1.807, 2.05) is 18.2 Å². The smallest absolute Gasteiger partial charge is 0.154 e. The van der Waals surface area contributed by atoms with Gasteiger partial charge >= 0.3 is 0 Å². The minimum absolute atomic E-state index is 0.521. The van der Waals surface area contributed by atoms with Gasteiger partial charge in [-0.2, -0.15) is 5.26 Å². The number of pyridine rings is 1. The summed E-state index contributed by atoms with van der Waals surface area (Å²) >= 11 is 1.79. The van der Waals surface area contributed by atoms with Crippen molar-refractivity contribution < 1.29 is 4.42 Å². The fourth-order valence-corrected chi connectivity index (χ4v) is 3.71. The van der Waals surface area contributed by atoms with Crippen LogP contribution in [0.3, 0.4) is 0 Å². The average molecular weight is 270 g/mol. The van der Waals surface area contributed by atoms with Crippen LogP contribution in [0.4, 0.5) is 0 Å². The van der Waals surface area contributed by atoms with Crippen molar-refractivity contribution in [2.75, 3.05) is 0 Å². The highest BCUT2D eigenvalue weighted by molar-refractivity contribution is 8.00. The Bertz CT molecular complexity index is 595. The third kappa shape index (κ3) is 2.66. The van der Waals surface area contributed by atoms with E-state index < -0.39 is 0 Å². The van der Waals surface area contributed by atoms with Gasteiger partial charge in [-0.1, -0.05) is 12.8 Å². The largest absolute Gasteiger partial charge is 0.464 e. The number of hydrogen-bond donors (Lipinski definition) is 0. The Balaban J connectivity index is 1.91. The van der Waals surface area contributed by atoms with Crippen LogP contribution in [0.2, 0.25) is 0 Å². The molecule has 1 aliphatic carbocycles. The molecule has 96 valence electrons. The molecule has 4 heteroatoms. The lowest BCUT2D eigenvalue weighted by Crippen LogP contribution is -1.96. The van der Waals surface area contributed by atoms with Crippen molar-refractivity contribution in [1.29, 1.82) is 5.26 Å². The van der Waals surface area contributed by atoms with E-state index >= 15 is 0 Å². The zero-order chi connectivity index (χ0) is 13.1. The highest BCUT2D eigenvalue weighted by atomic mass is 32.2. The Morgan fingerprint density at radius 2 is 2.21 bits per heavy atom. The summed E-state index contributed by atoms with van der Waals surface area (Å²) in [5, 5.41) is 9.79. The molecule has 2 aromatic heterocycles. The summed E-state index contributed by atoms with van der Waals surface area (Å²) in [5.74, 6) is 0.797. The Kier molecular flexibility index (Phi) is 3.56. The second kappa shape index (κ2) is 5.50. The molecule has 3 nitrogen and oxygen atoms in total. The zero-order valence-corrected chi connectivity index (χ0v) is 11.3. The molecule has 1 fully saturated rings. The molecule has 0 aliphatic heterocycles. The van der Waals surface area contributed by atoms with Crippen LogP contribution in [0, 0.1) is 11.3 Å². The van der Waals surface area contributed by atoms with Crippen molar-refractivity contribution in [3.63, 3.8) is 0 Å². The van der Waals surface area contributed by atoms with E-state index in [1.54, 1.807) is 24.2 Å². The van der Waals surface area contributed by atoms with E-state index in [1.165, 1.54) is 25.7 Å². The van der Waals surface area contributed by atoms with E-state index in [0.29, 0.717) is 10.9 Å². The minimum Gasteiger partial charge on any atom is -0.464 e. The summed E-state index contributed by atoms with van der Waals surface area (Å²) in [7, 11) is 0. The van der Waals surface area contributed by atoms with Crippen LogP contribution in [0.5, 0.6) is 0 Å². The number of nitrogens with zero attached hydrogens (tertiary/aromatic N) is 2. The van der Waals surface area contributed by atoms with Crippen molar-refractivity contribution in [2.24, 2.45) is 0 Å². The predicted molar refractivity (Wildman–Crippen MR) is 74.8 cm³/mol. The summed E-state index contributed by atoms with van der Waals surface area (Å²) in [6, 6.07) is 7.97. The molecule has 19 heavy (non-hydrogen) atoms. The first-order valence-corrected chi connectivity index (χ1v) is 7.35. The number of thioether (sulfide) groups is 1. The van der Waals surface area contributed by atoms with Gasteiger partial charge in [-0.3, -0.25) is 0 Å². The fraction of sp³-hybridized carbons (Fsp3) is 0.333. The lowest BCUT2D eigenvalue weighted by molar-refractivity contribution is 0.582. The standard InChI is InChI=1S/C15H14N2OS/c16-9-13-15(19-12-4-1-2-5-12)8-11(10-17-13)14-6-3-7-18-14/h3,6-8,10,12H,1-2,4-5H2. The number of nitriles is 1. The number of furan rings is 1. The maximum atomic E-state index is 9.16. The van der Waals surface area contributed by atoms with Crippen LogP contribution < -0.4 is 0 Å². The lowest BCUT2D eigenvalue weighted by atomic mass is 10.2. The summed E-state index contributed by atoms with van der Waals surface area (Å²) in [6.07, 6.45) is 8.42. The van der Waals surface area contributed by atoms with Gasteiger partial charge in [0.2, 0.25) is 0 Å². The topological polar surface area (TPSA) is 49.8 Å². The van der Waals surface area contributed by atoms with Crippen molar-refractivity contribution in [1.82, 2.24) is 4.98 Å². The summed E-state index contributed by atoms with van der Waals surface area (Å²) in [4.78, 5) is 5.23. The first kappa shape index (κ1) is 12.3. The maximum absolute atomic E-state index is 9.16. The Labute approximate surface area is 116 Å². The second-order valence-electron chi connectivity index (χ2n) is 4.68. The van der Waals surface area contributed by atoms with Crippen molar-refractivity contribution in [3.8, 4) is 17.4 Å². The third-order valence-corrected chi connectivity index (χ3v) is 4.73. The average Bonchev–Trinajstić information content (AvgIpc) is 3.11. The molecule has 0 unspecified atom stereocenters. The van der Waals surface area contributed by atoms with Gasteiger partial charge < -0.3 is 4.42 Å². The zero-order valence-electron chi connectivity index (χ0n) is 10.5. The van der Waals surface area contributed by atoms with Gasteiger partial charge in [0.25, 0.3) is 0 Å². The first-order chi connectivity index (χ1) is 9.36. The molecule has 0 saturated heterocycles. The quantitative estimate of drug-likeness (QED) is 0.836. The SMILES string of the molecule is N#Cc1ncc(-c2ccco2)cc1SC1CCCC1. The van der Waals surface area contributed by atoms with Gasteiger partial charge in [0.1, 0.15) is 11.8 Å². The predicted octanol–water partition coefficient (Wildman–Crippen LogP) is 4.25. The van der Waals surface area contributed by atoms with Gasteiger partial charge in [0.05, 0.1) is 6.26 Å². The molecule has 3 rings (SSSR count). The van der Waals surface area contributed by atoms with Gasteiger partial charge in [-0.25, -0.2) is 4.98 Å². The fourth-order valence-electron chi connectivity index (χ4n) is 2.38. The summed E-state index contributed by atoms with van der Waals surface area (Å²) < 4.78 is 5.39. The molecule has 0 amide bonds. The number of hydrogen-bond acceptors (Lipinski definition) is 4. The Morgan fingerprint density at radius 3 is 2.89 bits per heavy atom. The van der Waals surface area contributed by atoms with E-state index in [4.69, 9.17) is 9.68 Å². The van der Waals surface area contributed by atoms with E-state index in [9.17, 15) is 0 Å². The molecule has 0 spiro atoms. The first-order valence-electron chi connectivity index (χ1n) is 6.47. The maximum Gasteiger partial charge on any atom is 0.154 e. The molecular weight excluding hydrogens is 256 g/mol. The normalized spacial score (nSPS) is 15.5. The monoisotopic (exact) mass is 270 g/mol. The van der Waals surface area contributed by atoms with Crippen LogP contribution >= 0.6 is 11.8 Å². The van der Waals surface area contributed by atoms with Crippen LogP contribution in [0.1, 0.15) is 31.4 Å². The minimum atomic E-state index is 0.521. The summed E-state index contributed by atoms with van der Waals surface area (Å²) in [5.41, 5.74) is 1.46. The molecule has 2 aromatic rings. The van der Waals surface area contributed by atoms with Crippen molar-refractivity contribution >= 4 is 11.8 Å². The molecule has 1 saturated carbocycles. The van der Waals surface area contributed by atoms with Gasteiger partial charge in [-0.15, -0.1) is 11.8 Å². The highest BCUT2D eigenvalue weighted by Crippen LogP contribution is 2.37. The molecule has 0 N–H and O–H groups in total. The molecule has 0 bridgehead atoms. The molecule has 2 heterocycles. The van der Waals surface area contributed by atoms with E-state index in [-0.39, 0.29) is 0 Å². The molecule has 0 aromatic carbocycles. The Morgan fingerprint density at radius 1 is 1.37 bits per heavy atom. The number of aromatic nitrogens is 1. The third-order valence-electron chi connectivity index (χ3n) is 3.36. The molecule has 0 atom stereocenters. The van der Waals surface area contributed by atoms with E-state index in [2.05, 4.69) is 11.1 Å². The van der Waals surface area contributed by atoms with E-state index in [0.717, 1.165) is 16.2 Å². The van der Waals surface area contributed by atoms with Crippen LogP contribution in [-0.4, -0.2) is 10.2 Å². The molecule has 0 radical (unpaired) electrons. The van der Waals surface area contributed by atoms with Crippen molar-refractivity contribution in [2.45, 2.75) is 35.8 Å². The highest BCUT2D eigenvalue weighted by Gasteiger charge is 2.19. The van der Waals surface area contributed by atoms with Crippen LogP contribution in [0.15, 0.2) is 40.0 Å². The Hall–Kier alpha value is -1.73. The van der Waals surface area contributed by atoms with Gasteiger partial charge in [-0.05, 0) is 31.0 Å². The second-order valence-corrected chi connectivity index (χ2v) is 6.03. The molecular formula is C15H14N2OS. The molecule has 1 aliphatic rings. The van der Waals surface area contributed by atoms with Crippen molar-refractivity contribution in [3.05, 3.63) is 36.4 Å². The summed E-state index contributed by atoms with van der Waals surface area (Å²) in [6.45, 7) is 0. The van der Waals surface area contributed by atoms with Gasteiger partial charge in [0, 0.05) is 21.9 Å². The van der Waals surface area contributed by atoms with Crippen LogP contribution in [-0.2, 0) is 0 Å². The lowest BCUT2D eigenvalue weighted by Gasteiger charge is -2.10. The van der Waals surface area contributed by atoms with Gasteiger partial charge in [0.15, 0.2) is 5.69 Å². The number of rotatable bonds is 3. The van der Waals surface area contributed by atoms with Crippen LogP contribution in [0.25, 0.3) is 11.3 Å².